The lowest BCUT2D eigenvalue weighted by Crippen LogP contribution is -2.35. The standard InChI is InChI=1S/C14H19NO5/c1-19-13(17)8-15(9-14(18)20-2)7-11-3-5-12(10-16)6-4-11/h3-6,16H,7-10H2,1-2H3. The monoisotopic (exact) mass is 281 g/mol. The summed E-state index contributed by atoms with van der Waals surface area (Å²) in [5, 5.41) is 8.98. The van der Waals surface area contributed by atoms with E-state index in [4.69, 9.17) is 5.11 Å². The van der Waals surface area contributed by atoms with Crippen molar-refractivity contribution in [3.63, 3.8) is 0 Å². The van der Waals surface area contributed by atoms with E-state index >= 15 is 0 Å². The van der Waals surface area contributed by atoms with Crippen LogP contribution in [0.4, 0.5) is 0 Å². The van der Waals surface area contributed by atoms with Crippen molar-refractivity contribution in [3.8, 4) is 0 Å². The molecule has 1 aromatic rings. The molecule has 0 spiro atoms. The number of benzene rings is 1. The second-order valence-electron chi connectivity index (χ2n) is 4.27. The first-order valence-electron chi connectivity index (χ1n) is 6.13. The fraction of sp³-hybridized carbons (Fsp3) is 0.429. The Kier molecular flexibility index (Phi) is 6.69. The summed E-state index contributed by atoms with van der Waals surface area (Å²) >= 11 is 0. The van der Waals surface area contributed by atoms with E-state index in [1.54, 1.807) is 17.0 Å². The van der Waals surface area contributed by atoms with Gasteiger partial charge in [-0.05, 0) is 11.1 Å². The van der Waals surface area contributed by atoms with Gasteiger partial charge in [0, 0.05) is 6.54 Å². The average Bonchev–Trinajstić information content (AvgIpc) is 2.47. The molecule has 0 aliphatic carbocycles. The summed E-state index contributed by atoms with van der Waals surface area (Å²) < 4.78 is 9.21. The second kappa shape index (κ2) is 8.29. The Labute approximate surface area is 117 Å². The number of methoxy groups -OCH3 is 2. The van der Waals surface area contributed by atoms with Crippen LogP contribution in [-0.4, -0.2) is 49.3 Å². The molecule has 0 fully saturated rings. The van der Waals surface area contributed by atoms with Crippen molar-refractivity contribution in [2.75, 3.05) is 27.3 Å². The van der Waals surface area contributed by atoms with Crippen molar-refractivity contribution in [3.05, 3.63) is 35.4 Å². The van der Waals surface area contributed by atoms with Gasteiger partial charge in [0.2, 0.25) is 0 Å². The summed E-state index contributed by atoms with van der Waals surface area (Å²) in [5.74, 6) is -0.832. The summed E-state index contributed by atoms with van der Waals surface area (Å²) in [5.41, 5.74) is 1.73. The van der Waals surface area contributed by atoms with Crippen LogP contribution < -0.4 is 0 Å². The Morgan fingerprint density at radius 2 is 1.45 bits per heavy atom. The van der Waals surface area contributed by atoms with Gasteiger partial charge in [0.15, 0.2) is 0 Å². The number of aliphatic hydroxyl groups is 1. The molecule has 110 valence electrons. The van der Waals surface area contributed by atoms with Gasteiger partial charge in [0.1, 0.15) is 0 Å². The van der Waals surface area contributed by atoms with Gasteiger partial charge < -0.3 is 14.6 Å². The van der Waals surface area contributed by atoms with Crippen molar-refractivity contribution in [2.24, 2.45) is 0 Å². The number of esters is 2. The van der Waals surface area contributed by atoms with Crippen molar-refractivity contribution >= 4 is 11.9 Å². The molecular formula is C14H19NO5. The van der Waals surface area contributed by atoms with Gasteiger partial charge in [-0.2, -0.15) is 0 Å². The highest BCUT2D eigenvalue weighted by atomic mass is 16.5. The van der Waals surface area contributed by atoms with E-state index in [2.05, 4.69) is 9.47 Å². The highest BCUT2D eigenvalue weighted by Gasteiger charge is 2.15. The lowest BCUT2D eigenvalue weighted by molar-refractivity contribution is -0.145. The largest absolute Gasteiger partial charge is 0.468 e. The van der Waals surface area contributed by atoms with Crippen LogP contribution in [0, 0.1) is 0 Å². The topological polar surface area (TPSA) is 76.1 Å². The summed E-state index contributed by atoms with van der Waals surface area (Å²) in [6.45, 7) is 0.408. The highest BCUT2D eigenvalue weighted by molar-refractivity contribution is 5.74. The average molecular weight is 281 g/mol. The molecule has 20 heavy (non-hydrogen) atoms. The van der Waals surface area contributed by atoms with Gasteiger partial charge >= 0.3 is 11.9 Å². The zero-order valence-corrected chi connectivity index (χ0v) is 11.7. The molecule has 0 atom stereocenters. The molecule has 0 aliphatic rings. The first-order valence-corrected chi connectivity index (χ1v) is 6.13. The molecule has 0 heterocycles. The van der Waals surface area contributed by atoms with Crippen molar-refractivity contribution in [1.82, 2.24) is 4.90 Å². The predicted molar refractivity (Wildman–Crippen MR) is 71.7 cm³/mol. The maximum atomic E-state index is 11.3. The Morgan fingerprint density at radius 3 is 1.85 bits per heavy atom. The van der Waals surface area contributed by atoms with Crippen LogP contribution in [0.1, 0.15) is 11.1 Å². The number of carbonyl (C=O) groups excluding carboxylic acids is 2. The molecule has 0 aliphatic heterocycles. The van der Waals surface area contributed by atoms with Gasteiger partial charge in [-0.3, -0.25) is 14.5 Å². The highest BCUT2D eigenvalue weighted by Crippen LogP contribution is 2.08. The number of aliphatic hydroxyl groups excluding tert-OH is 1. The van der Waals surface area contributed by atoms with Crippen LogP contribution >= 0.6 is 0 Å². The van der Waals surface area contributed by atoms with Crippen LogP contribution in [0.2, 0.25) is 0 Å². The maximum Gasteiger partial charge on any atom is 0.319 e. The zero-order chi connectivity index (χ0) is 15.0. The van der Waals surface area contributed by atoms with E-state index in [1.807, 2.05) is 12.1 Å². The third-order valence-corrected chi connectivity index (χ3v) is 2.77. The normalized spacial score (nSPS) is 10.4. The van der Waals surface area contributed by atoms with Gasteiger partial charge in [-0.1, -0.05) is 24.3 Å². The summed E-state index contributed by atoms with van der Waals surface area (Å²) in [6.07, 6.45) is 0. The molecule has 6 heteroatoms. The zero-order valence-electron chi connectivity index (χ0n) is 11.7. The summed E-state index contributed by atoms with van der Waals surface area (Å²) in [7, 11) is 2.60. The molecule has 6 nitrogen and oxygen atoms in total. The van der Waals surface area contributed by atoms with Gasteiger partial charge in [-0.25, -0.2) is 0 Å². The van der Waals surface area contributed by atoms with Gasteiger partial charge in [0.25, 0.3) is 0 Å². The van der Waals surface area contributed by atoms with Crippen molar-refractivity contribution in [2.45, 2.75) is 13.2 Å². The Hall–Kier alpha value is -1.92. The van der Waals surface area contributed by atoms with Crippen molar-refractivity contribution < 1.29 is 24.2 Å². The number of rotatable bonds is 7. The third kappa shape index (κ3) is 5.38. The molecule has 0 unspecified atom stereocenters. The SMILES string of the molecule is COC(=O)CN(CC(=O)OC)Cc1ccc(CO)cc1. The van der Waals surface area contributed by atoms with Crippen LogP contribution in [0.5, 0.6) is 0 Å². The van der Waals surface area contributed by atoms with Gasteiger partial charge in [-0.15, -0.1) is 0 Å². The molecule has 1 N–H and O–H groups in total. The fourth-order valence-corrected chi connectivity index (χ4v) is 1.67. The quantitative estimate of drug-likeness (QED) is 0.726. The maximum absolute atomic E-state index is 11.3. The molecular weight excluding hydrogens is 262 g/mol. The lowest BCUT2D eigenvalue weighted by atomic mass is 10.1. The Balaban J connectivity index is 2.70. The number of nitrogens with zero attached hydrogens (tertiary/aromatic N) is 1. The third-order valence-electron chi connectivity index (χ3n) is 2.77. The Bertz CT molecular complexity index is 425. The minimum absolute atomic E-state index is 0.00729. The molecule has 0 saturated heterocycles. The molecule has 0 bridgehead atoms. The van der Waals surface area contributed by atoms with E-state index in [0.717, 1.165) is 11.1 Å². The van der Waals surface area contributed by atoms with Crippen molar-refractivity contribution in [1.29, 1.82) is 0 Å². The van der Waals surface area contributed by atoms with Crippen LogP contribution in [0.3, 0.4) is 0 Å². The Morgan fingerprint density at radius 1 is 1.00 bits per heavy atom. The van der Waals surface area contributed by atoms with Crippen LogP contribution in [-0.2, 0) is 32.2 Å². The molecule has 0 radical (unpaired) electrons. The van der Waals surface area contributed by atoms with E-state index in [0.29, 0.717) is 6.54 Å². The first kappa shape index (κ1) is 16.1. The van der Waals surface area contributed by atoms with Gasteiger partial charge in [0.05, 0.1) is 33.9 Å². The molecule has 1 rings (SSSR count). The molecule has 0 amide bonds. The fourth-order valence-electron chi connectivity index (χ4n) is 1.67. The predicted octanol–water partition coefficient (Wildman–Crippen LogP) is 0.327. The minimum atomic E-state index is -0.416. The number of hydrogen-bond acceptors (Lipinski definition) is 6. The van der Waals surface area contributed by atoms with E-state index in [9.17, 15) is 9.59 Å². The van der Waals surface area contributed by atoms with E-state index < -0.39 is 11.9 Å². The second-order valence-corrected chi connectivity index (χ2v) is 4.27. The summed E-state index contributed by atoms with van der Waals surface area (Å²) in [4.78, 5) is 24.3. The lowest BCUT2D eigenvalue weighted by Gasteiger charge is -2.19. The summed E-state index contributed by atoms with van der Waals surface area (Å²) in [6, 6.07) is 7.27. The van der Waals surface area contributed by atoms with Crippen LogP contribution in [0.25, 0.3) is 0 Å². The smallest absolute Gasteiger partial charge is 0.319 e. The number of ether oxygens (including phenoxy) is 2. The molecule has 1 aromatic carbocycles. The number of carbonyl (C=O) groups is 2. The number of hydrogen-bond donors (Lipinski definition) is 1. The first-order chi connectivity index (χ1) is 9.58. The van der Waals surface area contributed by atoms with E-state index in [-0.39, 0.29) is 19.7 Å². The molecule has 0 saturated carbocycles. The van der Waals surface area contributed by atoms with E-state index in [1.165, 1.54) is 14.2 Å². The van der Waals surface area contributed by atoms with Crippen LogP contribution in [0.15, 0.2) is 24.3 Å². The molecule has 0 aromatic heterocycles. The minimum Gasteiger partial charge on any atom is -0.468 e.